The summed E-state index contributed by atoms with van der Waals surface area (Å²) in [5.74, 6) is 3.64. The minimum Gasteiger partial charge on any atom is -0.494 e. The summed E-state index contributed by atoms with van der Waals surface area (Å²) in [5, 5.41) is 7.89. The highest BCUT2D eigenvalue weighted by atomic mass is 79.9. The lowest BCUT2D eigenvalue weighted by Crippen LogP contribution is -2.34. The molecule has 2 aliphatic rings. The standard InChI is InChI=1S/C27H31BrN5O4P/c1-16-13-20(23(35-2)14-21(16)33-9-7-17(34)8-10-33)31-27-29-15-18(28)26(32-27)30-19-5-6-22-24(25(19)38(3)4)37-12-11-36-22/h5-6,13-15H,7-12H2,1-4H3,(H2,29,30,31,32). The van der Waals surface area contributed by atoms with E-state index in [-0.39, 0.29) is 0 Å². The maximum Gasteiger partial charge on any atom is 0.229 e. The third-order valence-electron chi connectivity index (χ3n) is 6.55. The number of fused-ring (bicyclic) bond motifs is 1. The molecule has 0 saturated carbocycles. The van der Waals surface area contributed by atoms with Gasteiger partial charge < -0.3 is 29.7 Å². The first-order chi connectivity index (χ1) is 18.3. The van der Waals surface area contributed by atoms with Gasteiger partial charge in [0.15, 0.2) is 11.5 Å². The molecular formula is C27H31BrN5O4P. The van der Waals surface area contributed by atoms with Crippen LogP contribution in [0, 0.1) is 6.92 Å². The molecule has 1 aromatic heterocycles. The van der Waals surface area contributed by atoms with Crippen LogP contribution in [0.15, 0.2) is 34.9 Å². The maximum absolute atomic E-state index is 11.7. The number of carbonyl (C=O) groups is 1. The van der Waals surface area contributed by atoms with E-state index in [0.29, 0.717) is 49.4 Å². The number of carbonyl (C=O) groups excluding carboxylic acids is 1. The first-order valence-electron chi connectivity index (χ1n) is 12.5. The van der Waals surface area contributed by atoms with Crippen LogP contribution in [0.5, 0.6) is 17.2 Å². The van der Waals surface area contributed by atoms with Crippen LogP contribution in [0.2, 0.25) is 0 Å². The number of Topliss-reactive ketones (excluding diaryl/α,β-unsaturated/α-hetero) is 1. The molecule has 5 rings (SSSR count). The summed E-state index contributed by atoms with van der Waals surface area (Å²) in [6.07, 6.45) is 2.87. The quantitative estimate of drug-likeness (QED) is 0.348. The molecule has 0 unspecified atom stereocenters. The molecule has 200 valence electrons. The van der Waals surface area contributed by atoms with Gasteiger partial charge in [-0.05, 0) is 59.9 Å². The van der Waals surface area contributed by atoms with Crippen molar-refractivity contribution in [2.24, 2.45) is 0 Å². The van der Waals surface area contributed by atoms with Crippen molar-refractivity contribution >= 4 is 63.8 Å². The fraction of sp³-hybridized carbons (Fsp3) is 0.370. The first kappa shape index (κ1) is 26.5. The molecule has 0 radical (unpaired) electrons. The van der Waals surface area contributed by atoms with Gasteiger partial charge in [-0.1, -0.05) is 7.92 Å². The molecule has 0 atom stereocenters. The number of nitrogens with one attached hydrogen (secondary N) is 2. The summed E-state index contributed by atoms with van der Waals surface area (Å²) in [6, 6.07) is 7.98. The van der Waals surface area contributed by atoms with Crippen molar-refractivity contribution in [1.82, 2.24) is 9.97 Å². The largest absolute Gasteiger partial charge is 0.494 e. The van der Waals surface area contributed by atoms with Crippen molar-refractivity contribution in [1.29, 1.82) is 0 Å². The van der Waals surface area contributed by atoms with E-state index >= 15 is 0 Å². The van der Waals surface area contributed by atoms with Crippen LogP contribution in [-0.2, 0) is 4.79 Å². The second-order valence-electron chi connectivity index (χ2n) is 9.39. The fourth-order valence-corrected chi connectivity index (χ4v) is 6.17. The van der Waals surface area contributed by atoms with Gasteiger partial charge >= 0.3 is 0 Å². The van der Waals surface area contributed by atoms with Crippen molar-refractivity contribution in [3.63, 3.8) is 0 Å². The Bertz CT molecular complexity index is 1360. The summed E-state index contributed by atoms with van der Waals surface area (Å²) in [5.41, 5.74) is 3.84. The van der Waals surface area contributed by atoms with Crippen molar-refractivity contribution in [2.45, 2.75) is 19.8 Å². The van der Waals surface area contributed by atoms with E-state index in [1.54, 1.807) is 13.3 Å². The Kier molecular flexibility index (Phi) is 7.91. The van der Waals surface area contributed by atoms with Gasteiger partial charge in [-0.15, -0.1) is 0 Å². The SMILES string of the molecule is COc1cc(N2CCC(=O)CC2)c(C)cc1Nc1ncc(Br)c(Nc2ccc3c(c2P(C)C)OCCO3)n1. The molecule has 1 fully saturated rings. The lowest BCUT2D eigenvalue weighted by atomic mass is 10.1. The molecule has 0 amide bonds. The Labute approximate surface area is 232 Å². The number of methoxy groups -OCH3 is 1. The third-order valence-corrected chi connectivity index (χ3v) is 8.47. The van der Waals surface area contributed by atoms with Crippen LogP contribution < -0.4 is 35.0 Å². The molecule has 2 N–H and O–H groups in total. The zero-order valence-corrected chi connectivity index (χ0v) is 24.4. The van der Waals surface area contributed by atoms with Crippen LogP contribution in [0.3, 0.4) is 0 Å². The number of aromatic nitrogens is 2. The molecule has 3 aromatic rings. The highest BCUT2D eigenvalue weighted by Gasteiger charge is 2.23. The zero-order valence-electron chi connectivity index (χ0n) is 21.9. The highest BCUT2D eigenvalue weighted by molar-refractivity contribution is 9.10. The van der Waals surface area contributed by atoms with Gasteiger partial charge in [0.05, 0.1) is 23.0 Å². The van der Waals surface area contributed by atoms with E-state index < -0.39 is 7.92 Å². The van der Waals surface area contributed by atoms with Crippen molar-refractivity contribution in [3.05, 3.63) is 40.5 Å². The number of anilines is 5. The van der Waals surface area contributed by atoms with Gasteiger partial charge in [0.2, 0.25) is 5.95 Å². The van der Waals surface area contributed by atoms with E-state index in [2.05, 4.69) is 56.7 Å². The second kappa shape index (κ2) is 11.3. The molecule has 0 aliphatic carbocycles. The average Bonchev–Trinajstić information content (AvgIpc) is 2.91. The number of rotatable bonds is 7. The van der Waals surface area contributed by atoms with E-state index in [0.717, 1.165) is 57.0 Å². The summed E-state index contributed by atoms with van der Waals surface area (Å²) in [6.45, 7) is 8.97. The average molecular weight is 600 g/mol. The van der Waals surface area contributed by atoms with E-state index in [9.17, 15) is 4.79 Å². The minimum absolute atomic E-state index is 0.318. The highest BCUT2D eigenvalue weighted by Crippen LogP contribution is 2.42. The molecule has 3 heterocycles. The Hall–Kier alpha value is -3.10. The number of nitrogens with zero attached hydrogens (tertiary/aromatic N) is 3. The minimum atomic E-state index is -0.487. The van der Waals surface area contributed by atoms with Gasteiger partial charge in [-0.2, -0.15) is 4.98 Å². The predicted molar refractivity (Wildman–Crippen MR) is 156 cm³/mol. The van der Waals surface area contributed by atoms with Crippen LogP contribution >= 0.6 is 23.9 Å². The summed E-state index contributed by atoms with van der Waals surface area (Å²) in [4.78, 5) is 23.2. The van der Waals surface area contributed by atoms with Gasteiger partial charge in [-0.3, -0.25) is 4.79 Å². The van der Waals surface area contributed by atoms with E-state index in [1.807, 2.05) is 24.3 Å². The molecule has 11 heteroatoms. The Morgan fingerprint density at radius 1 is 1.08 bits per heavy atom. The first-order valence-corrected chi connectivity index (χ1v) is 15.5. The van der Waals surface area contributed by atoms with Gasteiger partial charge in [0.1, 0.15) is 30.6 Å². The molecule has 0 bridgehead atoms. The lowest BCUT2D eigenvalue weighted by Gasteiger charge is -2.30. The van der Waals surface area contributed by atoms with Crippen molar-refractivity contribution in [2.75, 3.05) is 62.3 Å². The van der Waals surface area contributed by atoms with E-state index in [1.165, 1.54) is 0 Å². The summed E-state index contributed by atoms with van der Waals surface area (Å²) < 4.78 is 18.2. The maximum atomic E-state index is 11.7. The molecule has 1 saturated heterocycles. The van der Waals surface area contributed by atoms with Gasteiger partial charge in [0, 0.05) is 49.2 Å². The second-order valence-corrected chi connectivity index (χ2v) is 12.5. The number of hydrogen-bond donors (Lipinski definition) is 2. The van der Waals surface area contributed by atoms with E-state index in [4.69, 9.17) is 19.2 Å². The fourth-order valence-electron chi connectivity index (χ4n) is 4.69. The molecule has 2 aliphatic heterocycles. The van der Waals surface area contributed by atoms with Gasteiger partial charge in [-0.25, -0.2) is 4.98 Å². The Morgan fingerprint density at radius 2 is 1.84 bits per heavy atom. The lowest BCUT2D eigenvalue weighted by molar-refractivity contribution is -0.119. The summed E-state index contributed by atoms with van der Waals surface area (Å²) >= 11 is 3.59. The molecule has 2 aromatic carbocycles. The Balaban J connectivity index is 1.42. The van der Waals surface area contributed by atoms with Crippen LogP contribution in [0.4, 0.5) is 28.8 Å². The number of benzene rings is 2. The number of aryl methyl sites for hydroxylation is 1. The predicted octanol–water partition coefficient (Wildman–Crippen LogP) is 5.35. The van der Waals surface area contributed by atoms with Gasteiger partial charge in [0.25, 0.3) is 0 Å². The third kappa shape index (κ3) is 5.52. The Morgan fingerprint density at radius 3 is 2.58 bits per heavy atom. The van der Waals surface area contributed by atoms with Crippen molar-refractivity contribution < 1.29 is 19.0 Å². The molecule has 9 nitrogen and oxygen atoms in total. The summed E-state index contributed by atoms with van der Waals surface area (Å²) in [7, 11) is 1.16. The number of ether oxygens (including phenoxy) is 3. The molecular weight excluding hydrogens is 569 g/mol. The molecule has 38 heavy (non-hydrogen) atoms. The number of ketones is 1. The number of piperidine rings is 1. The smallest absolute Gasteiger partial charge is 0.229 e. The monoisotopic (exact) mass is 599 g/mol. The number of hydrogen-bond acceptors (Lipinski definition) is 9. The van der Waals surface area contributed by atoms with Crippen LogP contribution in [0.25, 0.3) is 0 Å². The topological polar surface area (TPSA) is 97.8 Å². The zero-order chi connectivity index (χ0) is 26.8. The molecule has 0 spiro atoms. The van der Waals surface area contributed by atoms with Crippen molar-refractivity contribution in [3.8, 4) is 17.2 Å². The normalized spacial score (nSPS) is 15.0. The van der Waals surface area contributed by atoms with Crippen LogP contribution in [-0.4, -0.2) is 62.5 Å². The number of halogens is 1. The van der Waals surface area contributed by atoms with Crippen LogP contribution in [0.1, 0.15) is 18.4 Å².